The molecule has 2 aromatic rings. The van der Waals surface area contributed by atoms with Crippen LogP contribution in [0.2, 0.25) is 0 Å². The first kappa shape index (κ1) is 47.9. The van der Waals surface area contributed by atoms with Gasteiger partial charge in [-0.05, 0) is 33.9 Å². The Balaban J connectivity index is 0. The maximum absolute atomic E-state index is 12.2. The summed E-state index contributed by atoms with van der Waals surface area (Å²) >= 11 is 9.53. The van der Waals surface area contributed by atoms with E-state index >= 15 is 0 Å². The number of rotatable bonds is 10. The number of phenols is 2. The first-order valence-corrected chi connectivity index (χ1v) is 17.3. The van der Waals surface area contributed by atoms with Crippen LogP contribution in [0, 0.1) is 11.8 Å². The van der Waals surface area contributed by atoms with Crippen LogP contribution in [0.5, 0.6) is 11.5 Å². The third-order valence-corrected chi connectivity index (χ3v) is 7.78. The minimum atomic E-state index is -0.257. The predicted octanol–water partition coefficient (Wildman–Crippen LogP) is 3.18. The van der Waals surface area contributed by atoms with E-state index in [0.717, 1.165) is 22.3 Å². The molecule has 0 radical (unpaired) electrons. The number of nitrogens with one attached hydrogen (secondary N) is 1. The van der Waals surface area contributed by atoms with Crippen LogP contribution >= 0.6 is 23.2 Å². The van der Waals surface area contributed by atoms with Gasteiger partial charge in [0.15, 0.2) is 6.04 Å². The van der Waals surface area contributed by atoms with Crippen molar-refractivity contribution in [2.75, 3.05) is 33.5 Å². The molecule has 276 valence electrons. The van der Waals surface area contributed by atoms with Gasteiger partial charge in [-0.1, -0.05) is 99.6 Å². The first-order valence-electron chi connectivity index (χ1n) is 16.3. The van der Waals surface area contributed by atoms with Gasteiger partial charge in [-0.15, -0.1) is 23.2 Å². The summed E-state index contributed by atoms with van der Waals surface area (Å²) in [6.45, 7) is 21.7. The zero-order chi connectivity index (χ0) is 36.9. The molecule has 0 aromatic heterocycles. The zero-order valence-electron chi connectivity index (χ0n) is 31.7. The average Bonchev–Trinajstić information content (AvgIpc) is 2.93. The van der Waals surface area contributed by atoms with Crippen LogP contribution in [-0.2, 0) is 33.5 Å². The fourth-order valence-corrected chi connectivity index (χ4v) is 5.02. The van der Waals surface area contributed by atoms with Crippen molar-refractivity contribution in [3.63, 3.8) is 0 Å². The molecule has 48 heavy (non-hydrogen) atoms. The van der Waals surface area contributed by atoms with E-state index in [9.17, 15) is 19.8 Å². The Morgan fingerprint density at radius 1 is 0.750 bits per heavy atom. The number of quaternary nitrogens is 1. The predicted molar refractivity (Wildman–Crippen MR) is 197 cm³/mol. The van der Waals surface area contributed by atoms with E-state index in [-0.39, 0.29) is 64.3 Å². The zero-order valence-corrected chi connectivity index (χ0v) is 34.0. The molecule has 0 heterocycles. The molecule has 0 aliphatic rings. The van der Waals surface area contributed by atoms with Crippen LogP contribution in [0.1, 0.15) is 91.5 Å². The van der Waals surface area contributed by atoms with Crippen molar-refractivity contribution in [1.29, 1.82) is 0 Å². The molecule has 0 fully saturated rings. The molecule has 0 unspecified atom stereocenters. The minimum absolute atomic E-state index is 0. The van der Waals surface area contributed by atoms with Gasteiger partial charge < -0.3 is 43.1 Å². The monoisotopic (exact) mass is 732 g/mol. The van der Waals surface area contributed by atoms with Gasteiger partial charge in [0.2, 0.25) is 5.91 Å². The smallest absolute Gasteiger partial charge is 0.280 e. The third kappa shape index (κ3) is 15.5. The Bertz CT molecular complexity index is 1160. The van der Waals surface area contributed by atoms with Crippen LogP contribution in [0.3, 0.4) is 0 Å². The largest absolute Gasteiger partial charge is 1.00 e. The maximum Gasteiger partial charge on any atom is 0.280 e. The number of carbonyl (C=O) groups is 2. The fourth-order valence-electron chi connectivity index (χ4n) is 5.02. The summed E-state index contributed by atoms with van der Waals surface area (Å²) in [4.78, 5) is 27.7. The van der Waals surface area contributed by atoms with Crippen molar-refractivity contribution in [1.82, 2.24) is 15.1 Å². The summed E-state index contributed by atoms with van der Waals surface area (Å²) in [6, 6.07) is 11.3. The molecule has 0 saturated carbocycles. The molecular formula is C37H63Cl3N4O4. The molecular weight excluding hydrogens is 671 g/mol. The number of hydrogen-bond donors (Lipinski definition) is 4. The molecule has 8 nitrogen and oxygen atoms in total. The topological polar surface area (TPSA) is 110 Å². The second kappa shape index (κ2) is 21.8. The Kier molecular flexibility index (Phi) is 21.7. The Morgan fingerprint density at radius 3 is 1.50 bits per heavy atom. The molecule has 0 aliphatic heterocycles. The number of halogens is 3. The number of phenolic OH excluding ortho intramolecular Hbond substituents is 2. The van der Waals surface area contributed by atoms with E-state index in [1.807, 2.05) is 69.4 Å². The molecule has 2 atom stereocenters. The van der Waals surface area contributed by atoms with E-state index in [4.69, 9.17) is 23.2 Å². The van der Waals surface area contributed by atoms with E-state index in [1.165, 1.54) is 0 Å². The van der Waals surface area contributed by atoms with E-state index in [1.54, 1.807) is 38.0 Å². The number of nitrogens with zero attached hydrogens (tertiary/aromatic N) is 2. The van der Waals surface area contributed by atoms with Gasteiger partial charge in [0.1, 0.15) is 18.0 Å². The van der Waals surface area contributed by atoms with Crippen molar-refractivity contribution < 1.29 is 37.5 Å². The number of hydrogen-bond acceptors (Lipinski definition) is 5. The number of benzene rings is 2. The van der Waals surface area contributed by atoms with Crippen LogP contribution in [0.4, 0.5) is 0 Å². The van der Waals surface area contributed by atoms with Gasteiger partial charge in [-0.3, -0.25) is 9.59 Å². The quantitative estimate of drug-likeness (QED) is 0.281. The second-order valence-corrected chi connectivity index (χ2v) is 15.8. The van der Waals surface area contributed by atoms with E-state index in [0.29, 0.717) is 24.6 Å². The van der Waals surface area contributed by atoms with Crippen LogP contribution in [0.25, 0.3) is 0 Å². The van der Waals surface area contributed by atoms with Crippen LogP contribution in [-0.4, -0.2) is 77.4 Å². The SMILES string of the molecule is CC(C)[C@H](NCc1cccc(C(C)(C)C)c1O)C(=O)N(C)C.CC(C)[C@H]([NH2+]Cc1cccc(C(C)(C)C)c1O)C(=O)N(C)C.ClCCl.[Cl-]. The highest BCUT2D eigenvalue weighted by molar-refractivity contribution is 6.40. The molecule has 5 N–H and O–H groups in total. The Labute approximate surface area is 307 Å². The number of aromatic hydroxyl groups is 2. The number of nitrogens with two attached hydrogens (primary N) is 1. The molecule has 2 amide bonds. The number of para-hydroxylation sites is 2. The highest BCUT2D eigenvalue weighted by Gasteiger charge is 2.28. The van der Waals surface area contributed by atoms with Gasteiger partial charge in [-0.25, -0.2) is 0 Å². The molecule has 0 bridgehead atoms. The summed E-state index contributed by atoms with van der Waals surface area (Å²) in [5.41, 5.74) is 3.35. The van der Waals surface area contributed by atoms with Gasteiger partial charge in [0, 0.05) is 51.8 Å². The highest BCUT2D eigenvalue weighted by Crippen LogP contribution is 2.34. The van der Waals surface area contributed by atoms with E-state index < -0.39 is 0 Å². The van der Waals surface area contributed by atoms with E-state index in [2.05, 4.69) is 46.9 Å². The lowest BCUT2D eigenvalue weighted by molar-refractivity contribution is -0.698. The number of carbonyl (C=O) groups excluding carboxylic acids is 2. The lowest BCUT2D eigenvalue weighted by atomic mass is 9.85. The van der Waals surface area contributed by atoms with Gasteiger partial charge in [-0.2, -0.15) is 0 Å². The molecule has 2 aromatic carbocycles. The Morgan fingerprint density at radius 2 is 1.15 bits per heavy atom. The maximum atomic E-state index is 12.2. The van der Waals surface area contributed by atoms with Crippen molar-refractivity contribution >= 4 is 35.0 Å². The van der Waals surface area contributed by atoms with Crippen LogP contribution in [0.15, 0.2) is 36.4 Å². The molecule has 0 saturated heterocycles. The summed E-state index contributed by atoms with van der Waals surface area (Å²) in [6.07, 6.45) is 0. The summed E-state index contributed by atoms with van der Waals surface area (Å²) in [7, 11) is 7.08. The fraction of sp³-hybridized carbons (Fsp3) is 0.622. The summed E-state index contributed by atoms with van der Waals surface area (Å²) in [5.74, 6) is 1.27. The second-order valence-electron chi connectivity index (χ2n) is 15.0. The van der Waals surface area contributed by atoms with Gasteiger partial charge >= 0.3 is 0 Å². The number of alkyl halides is 2. The number of amides is 2. The molecule has 2 rings (SSSR count). The Hall–Kier alpha value is -2.23. The van der Waals surface area contributed by atoms with Crippen molar-refractivity contribution in [3.8, 4) is 11.5 Å². The summed E-state index contributed by atoms with van der Waals surface area (Å²) in [5, 5.41) is 26.5. The van der Waals surface area contributed by atoms with Crippen molar-refractivity contribution in [2.24, 2.45) is 11.8 Å². The molecule has 11 heteroatoms. The summed E-state index contributed by atoms with van der Waals surface area (Å²) < 4.78 is 0. The van der Waals surface area contributed by atoms with Crippen molar-refractivity contribution in [2.45, 2.75) is 105 Å². The standard InChI is InChI=1S/2C18H30N2O2.CH2Cl2.ClH/c2*1-12(2)15(17(22)20(6)7)19-11-13-9-8-10-14(16(13)21)18(3,4)5;2-1-3;/h2*8-10,12,15,19,21H,11H2,1-7H3;1H2;1H/t2*15-;;/m00../s1. The van der Waals surface area contributed by atoms with Gasteiger partial charge in [0.05, 0.1) is 11.4 Å². The first-order chi connectivity index (χ1) is 21.5. The number of likely N-dealkylation sites (N-methyl/N-ethyl adjacent to an activating group) is 2. The molecule has 0 spiro atoms. The highest BCUT2D eigenvalue weighted by atomic mass is 35.5. The third-order valence-electron chi connectivity index (χ3n) is 7.78. The lowest BCUT2D eigenvalue weighted by Crippen LogP contribution is -3.00. The molecule has 0 aliphatic carbocycles. The van der Waals surface area contributed by atoms with Gasteiger partial charge in [0.25, 0.3) is 5.91 Å². The lowest BCUT2D eigenvalue weighted by Gasteiger charge is -2.26. The van der Waals surface area contributed by atoms with Crippen molar-refractivity contribution in [3.05, 3.63) is 58.7 Å². The average molecular weight is 734 g/mol. The normalized spacial score (nSPS) is 12.5. The minimum Gasteiger partial charge on any atom is -1.00 e. The van der Waals surface area contributed by atoms with Crippen LogP contribution < -0.4 is 23.0 Å².